The zero-order valence-electron chi connectivity index (χ0n) is 10.1. The zero-order valence-corrected chi connectivity index (χ0v) is 11.7. The van der Waals surface area contributed by atoms with Crippen LogP contribution in [-0.4, -0.2) is 14.2 Å². The molecule has 1 rings (SSSR count). The fourth-order valence-corrected chi connectivity index (χ4v) is 3.26. The smallest absolute Gasteiger partial charge is 0.233 e. The molecule has 0 saturated heterocycles. The maximum Gasteiger partial charge on any atom is 0.233 e. The minimum atomic E-state index is -3.37. The van der Waals surface area contributed by atoms with Crippen molar-refractivity contribution in [2.75, 3.05) is 16.2 Å². The van der Waals surface area contributed by atoms with Crippen molar-refractivity contribution < 1.29 is 8.42 Å². The van der Waals surface area contributed by atoms with Crippen LogP contribution in [0.25, 0.3) is 0 Å². The fraction of sp³-hybridized carbons (Fsp3) is 0.455. The molecule has 6 heteroatoms. The number of sulfonamides is 1. The van der Waals surface area contributed by atoms with E-state index in [1.165, 1.54) is 6.07 Å². The standard InChI is InChI=1S/C11H17ClN2O2S/c1-11(2,3)7-17(15,16)14-8-4-5-10(13)9(12)6-8/h4-6,14H,7,13H2,1-3H3. The Balaban J connectivity index is 2.87. The summed E-state index contributed by atoms with van der Waals surface area (Å²) in [4.78, 5) is 0. The van der Waals surface area contributed by atoms with Gasteiger partial charge in [0, 0.05) is 0 Å². The van der Waals surface area contributed by atoms with Crippen LogP contribution in [0.5, 0.6) is 0 Å². The summed E-state index contributed by atoms with van der Waals surface area (Å²) in [5.74, 6) is 0.0436. The van der Waals surface area contributed by atoms with Crippen LogP contribution < -0.4 is 10.5 Å². The first-order chi connectivity index (χ1) is 7.59. The van der Waals surface area contributed by atoms with Crippen molar-refractivity contribution in [2.45, 2.75) is 20.8 Å². The lowest BCUT2D eigenvalue weighted by atomic mass is 10.0. The largest absolute Gasteiger partial charge is 0.398 e. The maximum atomic E-state index is 11.8. The van der Waals surface area contributed by atoms with Gasteiger partial charge in [0.25, 0.3) is 0 Å². The predicted octanol–water partition coefficient (Wildman–Crippen LogP) is 2.71. The van der Waals surface area contributed by atoms with Crippen molar-refractivity contribution in [3.05, 3.63) is 23.2 Å². The van der Waals surface area contributed by atoms with E-state index in [1.807, 2.05) is 20.8 Å². The quantitative estimate of drug-likeness (QED) is 0.834. The molecule has 0 amide bonds. The molecule has 17 heavy (non-hydrogen) atoms. The van der Waals surface area contributed by atoms with Gasteiger partial charge in [-0.05, 0) is 23.6 Å². The zero-order chi connectivity index (χ0) is 13.3. The number of benzene rings is 1. The van der Waals surface area contributed by atoms with E-state index in [2.05, 4.69) is 4.72 Å². The Labute approximate surface area is 107 Å². The maximum absolute atomic E-state index is 11.8. The van der Waals surface area contributed by atoms with Gasteiger partial charge in [-0.25, -0.2) is 8.42 Å². The highest BCUT2D eigenvalue weighted by atomic mass is 35.5. The predicted molar refractivity (Wildman–Crippen MR) is 72.7 cm³/mol. The Kier molecular flexibility index (Phi) is 3.94. The number of nitrogen functional groups attached to an aromatic ring is 1. The van der Waals surface area contributed by atoms with Gasteiger partial charge in [-0.3, -0.25) is 4.72 Å². The van der Waals surface area contributed by atoms with Crippen LogP contribution in [0, 0.1) is 5.41 Å². The van der Waals surface area contributed by atoms with Crippen LogP contribution >= 0.6 is 11.6 Å². The summed E-state index contributed by atoms with van der Waals surface area (Å²) in [6, 6.07) is 4.65. The van der Waals surface area contributed by atoms with Gasteiger partial charge in [0.1, 0.15) is 0 Å². The molecule has 0 aliphatic carbocycles. The molecule has 0 fully saturated rings. The topological polar surface area (TPSA) is 72.2 Å². The highest BCUT2D eigenvalue weighted by Gasteiger charge is 2.21. The van der Waals surface area contributed by atoms with E-state index < -0.39 is 10.0 Å². The summed E-state index contributed by atoms with van der Waals surface area (Å²) in [6.45, 7) is 5.59. The van der Waals surface area contributed by atoms with Gasteiger partial charge in [0.15, 0.2) is 0 Å². The van der Waals surface area contributed by atoms with E-state index in [9.17, 15) is 8.42 Å². The van der Waals surface area contributed by atoms with E-state index in [1.54, 1.807) is 12.1 Å². The Bertz CT molecular complexity index is 507. The molecular weight excluding hydrogens is 260 g/mol. The van der Waals surface area contributed by atoms with Crippen LogP contribution in [0.15, 0.2) is 18.2 Å². The van der Waals surface area contributed by atoms with Crippen molar-refractivity contribution >= 4 is 33.0 Å². The molecule has 0 atom stereocenters. The van der Waals surface area contributed by atoms with Crippen LogP contribution in [0.2, 0.25) is 5.02 Å². The van der Waals surface area contributed by atoms with E-state index in [-0.39, 0.29) is 11.2 Å². The molecule has 0 aliphatic rings. The van der Waals surface area contributed by atoms with Gasteiger partial charge in [-0.2, -0.15) is 0 Å². The monoisotopic (exact) mass is 276 g/mol. The summed E-state index contributed by atoms with van der Waals surface area (Å²) >= 11 is 5.82. The molecule has 4 nitrogen and oxygen atoms in total. The molecule has 1 aromatic carbocycles. The van der Waals surface area contributed by atoms with Crippen LogP contribution in [0.4, 0.5) is 11.4 Å². The molecule has 0 aromatic heterocycles. The molecule has 0 unspecified atom stereocenters. The first-order valence-corrected chi connectivity index (χ1v) is 7.18. The second-order valence-electron chi connectivity index (χ2n) is 5.16. The third-order valence-corrected chi connectivity index (χ3v) is 4.02. The molecule has 0 aliphatic heterocycles. The number of hydrogen-bond acceptors (Lipinski definition) is 3. The molecule has 0 bridgehead atoms. The fourth-order valence-electron chi connectivity index (χ4n) is 1.38. The average Bonchev–Trinajstić information content (AvgIpc) is 2.06. The number of rotatable bonds is 3. The third kappa shape index (κ3) is 4.83. The number of halogens is 1. The number of nitrogens with two attached hydrogens (primary N) is 1. The summed E-state index contributed by atoms with van der Waals surface area (Å²) in [7, 11) is -3.37. The lowest BCUT2D eigenvalue weighted by Gasteiger charge is -2.18. The van der Waals surface area contributed by atoms with Crippen molar-refractivity contribution in [3.8, 4) is 0 Å². The number of nitrogens with one attached hydrogen (secondary N) is 1. The van der Waals surface area contributed by atoms with Crippen molar-refractivity contribution in [3.63, 3.8) is 0 Å². The Morgan fingerprint density at radius 2 is 1.94 bits per heavy atom. The molecule has 0 spiro atoms. The van der Waals surface area contributed by atoms with E-state index >= 15 is 0 Å². The Hall–Kier alpha value is -0.940. The first kappa shape index (κ1) is 14.1. The van der Waals surface area contributed by atoms with E-state index in [4.69, 9.17) is 17.3 Å². The average molecular weight is 277 g/mol. The molecular formula is C11H17ClN2O2S. The second-order valence-corrected chi connectivity index (χ2v) is 7.29. The molecule has 0 heterocycles. The Morgan fingerprint density at radius 1 is 1.35 bits per heavy atom. The van der Waals surface area contributed by atoms with Crippen LogP contribution in [-0.2, 0) is 10.0 Å². The number of anilines is 2. The molecule has 0 saturated carbocycles. The minimum absolute atomic E-state index is 0.0436. The summed E-state index contributed by atoms with van der Waals surface area (Å²) in [6.07, 6.45) is 0. The summed E-state index contributed by atoms with van der Waals surface area (Å²) in [5.41, 5.74) is 6.09. The lowest BCUT2D eigenvalue weighted by molar-refractivity contribution is 0.463. The molecule has 3 N–H and O–H groups in total. The van der Waals surface area contributed by atoms with Gasteiger partial charge in [0.2, 0.25) is 10.0 Å². The van der Waals surface area contributed by atoms with Gasteiger partial charge in [-0.15, -0.1) is 0 Å². The van der Waals surface area contributed by atoms with Gasteiger partial charge in [0.05, 0.1) is 22.2 Å². The second kappa shape index (κ2) is 4.74. The lowest BCUT2D eigenvalue weighted by Crippen LogP contribution is -2.26. The summed E-state index contributed by atoms with van der Waals surface area (Å²) < 4.78 is 26.1. The highest BCUT2D eigenvalue weighted by Crippen LogP contribution is 2.24. The van der Waals surface area contributed by atoms with Gasteiger partial charge in [-0.1, -0.05) is 32.4 Å². The van der Waals surface area contributed by atoms with Gasteiger partial charge >= 0.3 is 0 Å². The molecule has 96 valence electrons. The Morgan fingerprint density at radius 3 is 2.41 bits per heavy atom. The number of hydrogen-bond donors (Lipinski definition) is 2. The van der Waals surface area contributed by atoms with E-state index in [0.717, 1.165) is 0 Å². The normalized spacial score (nSPS) is 12.5. The first-order valence-electron chi connectivity index (χ1n) is 5.15. The molecule has 0 radical (unpaired) electrons. The third-order valence-electron chi connectivity index (χ3n) is 1.90. The van der Waals surface area contributed by atoms with Crippen molar-refractivity contribution in [1.29, 1.82) is 0 Å². The highest BCUT2D eigenvalue weighted by molar-refractivity contribution is 7.92. The van der Waals surface area contributed by atoms with Crippen LogP contribution in [0.3, 0.4) is 0 Å². The van der Waals surface area contributed by atoms with E-state index in [0.29, 0.717) is 16.4 Å². The van der Waals surface area contributed by atoms with Crippen molar-refractivity contribution in [1.82, 2.24) is 0 Å². The minimum Gasteiger partial charge on any atom is -0.398 e. The van der Waals surface area contributed by atoms with Crippen LogP contribution in [0.1, 0.15) is 20.8 Å². The SMILES string of the molecule is CC(C)(C)CS(=O)(=O)Nc1ccc(N)c(Cl)c1. The van der Waals surface area contributed by atoms with Gasteiger partial charge < -0.3 is 5.73 Å². The molecule has 1 aromatic rings. The summed E-state index contributed by atoms with van der Waals surface area (Å²) in [5, 5.41) is 0.334. The van der Waals surface area contributed by atoms with Crippen molar-refractivity contribution in [2.24, 2.45) is 5.41 Å².